The molecule has 28 heavy (non-hydrogen) atoms. The van der Waals surface area contributed by atoms with Gasteiger partial charge in [-0.2, -0.15) is 8.42 Å². The maximum Gasteiger partial charge on any atom is 0.397 e. The average Bonchev–Trinajstić information content (AvgIpc) is 2.60. The molecular formula is C14H24O13S. The fourth-order valence-electron chi connectivity index (χ4n) is 3.10. The monoisotopic (exact) mass is 432 g/mol. The fraction of sp³-hybridized carbons (Fsp3) is 0.929. The lowest BCUT2D eigenvalue weighted by molar-refractivity contribution is -0.322. The molecule has 13 nitrogen and oxygen atoms in total. The van der Waals surface area contributed by atoms with E-state index in [4.69, 9.17) is 23.5 Å². The number of ether oxygens (including phenoxy) is 4. The molecule has 0 aromatic heterocycles. The van der Waals surface area contributed by atoms with Gasteiger partial charge in [0.05, 0.1) is 19.3 Å². The highest BCUT2D eigenvalue weighted by Gasteiger charge is 2.49. The summed E-state index contributed by atoms with van der Waals surface area (Å²) in [6.07, 6.45) is -11.0. The molecule has 0 saturated carbocycles. The van der Waals surface area contributed by atoms with Gasteiger partial charge in [-0.05, 0) is 0 Å². The Bertz CT molecular complexity index is 639. The number of carbonyl (C=O) groups is 1. The summed E-state index contributed by atoms with van der Waals surface area (Å²) >= 11 is 0. The molecule has 2 saturated heterocycles. The Morgan fingerprint density at radius 2 is 1.82 bits per heavy atom. The molecule has 2 fully saturated rings. The molecule has 0 aromatic rings. The summed E-state index contributed by atoms with van der Waals surface area (Å²) in [4.78, 5) is 11.4. The summed E-state index contributed by atoms with van der Waals surface area (Å²) in [5, 5.41) is 39.5. The van der Waals surface area contributed by atoms with Gasteiger partial charge in [0.15, 0.2) is 12.4 Å². The van der Waals surface area contributed by atoms with Gasteiger partial charge in [0.25, 0.3) is 0 Å². The first kappa shape index (κ1) is 23.3. The minimum atomic E-state index is -4.80. The van der Waals surface area contributed by atoms with Gasteiger partial charge >= 0.3 is 16.4 Å². The quantitative estimate of drug-likeness (QED) is 0.257. The number of hydrogen-bond donors (Lipinski definition) is 5. The van der Waals surface area contributed by atoms with Crippen LogP contribution in [0.25, 0.3) is 0 Å². The number of rotatable bonds is 7. The third-order valence-electron chi connectivity index (χ3n) is 4.64. The highest BCUT2D eigenvalue weighted by molar-refractivity contribution is 7.80. The van der Waals surface area contributed by atoms with Crippen molar-refractivity contribution in [3.8, 4) is 0 Å². The maximum atomic E-state index is 11.4. The second-order valence-corrected chi connectivity index (χ2v) is 7.65. The van der Waals surface area contributed by atoms with Crippen molar-refractivity contribution < 1.29 is 61.3 Å². The zero-order valence-electron chi connectivity index (χ0n) is 15.0. The predicted octanol–water partition coefficient (Wildman–Crippen LogP) is -2.87. The van der Waals surface area contributed by atoms with Crippen molar-refractivity contribution >= 4 is 16.4 Å². The van der Waals surface area contributed by atoms with Crippen LogP contribution in [-0.2, 0) is 38.3 Å². The Balaban J connectivity index is 2.18. The van der Waals surface area contributed by atoms with Crippen LogP contribution in [0.15, 0.2) is 0 Å². The van der Waals surface area contributed by atoms with Crippen LogP contribution in [0.2, 0.25) is 0 Å². The number of aliphatic carboxylic acids is 1. The van der Waals surface area contributed by atoms with Gasteiger partial charge in [0, 0.05) is 13.0 Å². The molecule has 9 atom stereocenters. The second-order valence-electron chi connectivity index (χ2n) is 6.56. The van der Waals surface area contributed by atoms with Gasteiger partial charge in [0.2, 0.25) is 0 Å². The van der Waals surface area contributed by atoms with Crippen LogP contribution in [-0.4, -0.2) is 109 Å². The standard InChI is InChI=1S/C14H24O13S/c1-5-8(16)10(23-2)7(4-25-28(20,21)22)26-14(5)27-11-9(17)6(15)3-24-12(11)13(18)19/h5-12,14-17H,3-4H2,1-2H3,(H,18,19)(H,20,21,22)/t5?,6?,7?,8-,9-,10-,11+,12?,14+/m1/s1. The summed E-state index contributed by atoms with van der Waals surface area (Å²) in [5.41, 5.74) is 0. The number of carboxylic acid groups (broad SMARTS) is 1. The summed E-state index contributed by atoms with van der Waals surface area (Å²) in [6, 6.07) is 0. The number of aliphatic hydroxyl groups is 3. The van der Waals surface area contributed by atoms with Crippen LogP contribution in [0, 0.1) is 5.92 Å². The van der Waals surface area contributed by atoms with E-state index in [1.807, 2.05) is 0 Å². The van der Waals surface area contributed by atoms with Crippen LogP contribution in [0.3, 0.4) is 0 Å². The Morgan fingerprint density at radius 3 is 2.36 bits per heavy atom. The molecule has 4 unspecified atom stereocenters. The van der Waals surface area contributed by atoms with Crippen molar-refractivity contribution in [1.82, 2.24) is 0 Å². The lowest BCUT2D eigenvalue weighted by Gasteiger charge is -2.45. The third-order valence-corrected chi connectivity index (χ3v) is 5.08. The molecule has 14 heteroatoms. The van der Waals surface area contributed by atoms with Crippen LogP contribution in [0.4, 0.5) is 0 Å². The number of carboxylic acids is 1. The minimum absolute atomic E-state index is 0.418. The molecule has 2 aliphatic heterocycles. The van der Waals surface area contributed by atoms with Gasteiger partial charge in [-0.15, -0.1) is 0 Å². The van der Waals surface area contributed by atoms with Crippen LogP contribution in [0.5, 0.6) is 0 Å². The van der Waals surface area contributed by atoms with Gasteiger partial charge in [-0.3, -0.25) is 4.55 Å². The van der Waals surface area contributed by atoms with E-state index in [1.165, 1.54) is 14.0 Å². The molecule has 0 aromatic carbocycles. The fourth-order valence-corrected chi connectivity index (χ4v) is 3.41. The zero-order valence-corrected chi connectivity index (χ0v) is 15.8. The molecule has 0 spiro atoms. The largest absolute Gasteiger partial charge is 0.479 e. The molecule has 2 heterocycles. The lowest BCUT2D eigenvalue weighted by atomic mass is 9.92. The van der Waals surface area contributed by atoms with E-state index in [1.54, 1.807) is 0 Å². The van der Waals surface area contributed by atoms with Crippen molar-refractivity contribution in [2.45, 2.75) is 55.9 Å². The van der Waals surface area contributed by atoms with E-state index in [9.17, 15) is 33.6 Å². The molecule has 0 bridgehead atoms. The lowest BCUT2D eigenvalue weighted by Crippen LogP contribution is -2.61. The normalized spacial score (nSPS) is 42.3. The Labute approximate surface area is 160 Å². The Morgan fingerprint density at radius 1 is 1.18 bits per heavy atom. The van der Waals surface area contributed by atoms with Crippen molar-refractivity contribution in [3.63, 3.8) is 0 Å². The first-order valence-corrected chi connectivity index (χ1v) is 9.67. The van der Waals surface area contributed by atoms with Crippen LogP contribution >= 0.6 is 0 Å². The molecular weight excluding hydrogens is 408 g/mol. The summed E-state index contributed by atoms with van der Waals surface area (Å²) in [6.45, 7) is 0.345. The molecule has 5 N–H and O–H groups in total. The van der Waals surface area contributed by atoms with Gasteiger partial charge in [-0.25, -0.2) is 8.98 Å². The highest BCUT2D eigenvalue weighted by Crippen LogP contribution is 2.32. The van der Waals surface area contributed by atoms with E-state index in [2.05, 4.69) is 4.18 Å². The Hall–Kier alpha value is -0.940. The van der Waals surface area contributed by atoms with Gasteiger partial charge < -0.3 is 39.4 Å². The first-order chi connectivity index (χ1) is 13.0. The van der Waals surface area contributed by atoms with E-state index >= 15 is 0 Å². The summed E-state index contributed by atoms with van der Waals surface area (Å²) in [7, 11) is -3.56. The average molecular weight is 432 g/mol. The predicted molar refractivity (Wildman–Crippen MR) is 86.4 cm³/mol. The van der Waals surface area contributed by atoms with Gasteiger partial charge in [0.1, 0.15) is 30.5 Å². The first-order valence-electron chi connectivity index (χ1n) is 8.30. The number of hydrogen-bond acceptors (Lipinski definition) is 11. The topological polar surface area (TPSA) is 199 Å². The van der Waals surface area contributed by atoms with Crippen molar-refractivity contribution in [2.75, 3.05) is 20.3 Å². The molecule has 0 radical (unpaired) electrons. The minimum Gasteiger partial charge on any atom is -0.479 e. The van der Waals surface area contributed by atoms with Gasteiger partial charge in [-0.1, -0.05) is 6.92 Å². The zero-order chi connectivity index (χ0) is 21.2. The maximum absolute atomic E-state index is 11.4. The molecule has 2 rings (SSSR count). The van der Waals surface area contributed by atoms with E-state index in [0.717, 1.165) is 0 Å². The Kier molecular flexibility index (Phi) is 7.71. The summed E-state index contributed by atoms with van der Waals surface area (Å²) in [5.74, 6) is -2.26. The van der Waals surface area contributed by atoms with E-state index < -0.39 is 84.5 Å². The molecule has 164 valence electrons. The van der Waals surface area contributed by atoms with Crippen LogP contribution in [0.1, 0.15) is 6.92 Å². The van der Waals surface area contributed by atoms with Crippen LogP contribution < -0.4 is 0 Å². The van der Waals surface area contributed by atoms with Crippen molar-refractivity contribution in [3.05, 3.63) is 0 Å². The highest BCUT2D eigenvalue weighted by atomic mass is 32.3. The number of aliphatic hydroxyl groups excluding tert-OH is 3. The van der Waals surface area contributed by atoms with E-state index in [-0.39, 0.29) is 0 Å². The summed E-state index contributed by atoms with van der Waals surface area (Å²) < 4.78 is 55.7. The SMILES string of the molecule is CO[C@@H]1C(COS(=O)(=O)O)O[C@@H](O[C@@H]2C(C(=O)O)OCC(O)[C@H]2O)C(C)[C@H]1O. The third kappa shape index (κ3) is 5.35. The molecule has 0 aliphatic carbocycles. The molecule has 0 amide bonds. The smallest absolute Gasteiger partial charge is 0.397 e. The number of methoxy groups -OCH3 is 1. The van der Waals surface area contributed by atoms with Crippen molar-refractivity contribution in [1.29, 1.82) is 0 Å². The van der Waals surface area contributed by atoms with E-state index in [0.29, 0.717) is 0 Å². The molecule has 2 aliphatic rings. The second kappa shape index (κ2) is 9.25. The van der Waals surface area contributed by atoms with Crippen molar-refractivity contribution in [2.24, 2.45) is 5.92 Å².